The van der Waals surface area contributed by atoms with E-state index in [2.05, 4.69) is 15.9 Å². The van der Waals surface area contributed by atoms with Crippen molar-refractivity contribution in [2.75, 3.05) is 23.4 Å². The van der Waals surface area contributed by atoms with Gasteiger partial charge in [0.2, 0.25) is 0 Å². The number of rotatable bonds is 4. The molecule has 0 spiro atoms. The van der Waals surface area contributed by atoms with E-state index in [0.717, 1.165) is 16.8 Å². The van der Waals surface area contributed by atoms with E-state index < -0.39 is 0 Å². The first-order chi connectivity index (χ1) is 3.41. The van der Waals surface area contributed by atoms with Gasteiger partial charge in [-0.15, -0.1) is 0 Å². The number of halogens is 1. The molecule has 0 unspecified atom stereocenters. The van der Waals surface area contributed by atoms with Crippen LogP contribution in [0, 0.1) is 0 Å². The molecule has 1 nitrogen and oxygen atoms in total. The van der Waals surface area contributed by atoms with Crippen molar-refractivity contribution in [3.05, 3.63) is 0 Å². The van der Waals surface area contributed by atoms with Crippen LogP contribution in [0.1, 0.15) is 0 Å². The fourth-order valence-electron chi connectivity index (χ4n) is 0.221. The molecule has 0 aliphatic rings. The quantitative estimate of drug-likeness (QED) is 0.522. The highest BCUT2D eigenvalue weighted by molar-refractivity contribution is 9.09. The second kappa shape index (κ2) is 6.79. The summed E-state index contributed by atoms with van der Waals surface area (Å²) < 4.78 is 0. The number of thioether (sulfide) groups is 1. The zero-order valence-corrected chi connectivity index (χ0v) is 6.46. The van der Waals surface area contributed by atoms with Gasteiger partial charge in [-0.1, -0.05) is 15.9 Å². The molecular weight excluding hydrogens is 176 g/mol. The summed E-state index contributed by atoms with van der Waals surface area (Å²) in [6.45, 7) is 0.303. The highest BCUT2D eigenvalue weighted by Gasteiger charge is 1.81. The van der Waals surface area contributed by atoms with Gasteiger partial charge in [0.1, 0.15) is 0 Å². The molecule has 44 valence electrons. The molecule has 1 N–H and O–H groups in total. The first kappa shape index (κ1) is 7.79. The zero-order valence-electron chi connectivity index (χ0n) is 4.06. The summed E-state index contributed by atoms with van der Waals surface area (Å²) in [5.74, 6) is 1.96. The molecule has 0 aromatic heterocycles. The van der Waals surface area contributed by atoms with Gasteiger partial charge in [0.25, 0.3) is 0 Å². The van der Waals surface area contributed by atoms with Crippen LogP contribution < -0.4 is 0 Å². The molecule has 0 atom stereocenters. The van der Waals surface area contributed by atoms with E-state index in [9.17, 15) is 0 Å². The molecule has 0 fully saturated rings. The van der Waals surface area contributed by atoms with Crippen LogP contribution >= 0.6 is 27.7 Å². The molecule has 0 bridgehead atoms. The van der Waals surface area contributed by atoms with Gasteiger partial charge in [0.15, 0.2) is 0 Å². The van der Waals surface area contributed by atoms with Gasteiger partial charge in [0.05, 0.1) is 6.61 Å². The molecule has 0 heterocycles. The molecule has 0 saturated carbocycles. The minimum atomic E-state index is 0.303. The predicted molar refractivity (Wildman–Crippen MR) is 38.2 cm³/mol. The Kier molecular flexibility index (Phi) is 7.56. The molecule has 3 heteroatoms. The van der Waals surface area contributed by atoms with Gasteiger partial charge < -0.3 is 5.11 Å². The summed E-state index contributed by atoms with van der Waals surface area (Å²) in [4.78, 5) is 0. The fourth-order valence-corrected chi connectivity index (χ4v) is 1.35. The van der Waals surface area contributed by atoms with Gasteiger partial charge in [-0.3, -0.25) is 0 Å². The van der Waals surface area contributed by atoms with E-state index in [1.807, 2.05) is 0 Å². The van der Waals surface area contributed by atoms with Crippen molar-refractivity contribution >= 4 is 27.7 Å². The molecule has 0 rings (SSSR count). The highest BCUT2D eigenvalue weighted by Crippen LogP contribution is 1.98. The van der Waals surface area contributed by atoms with E-state index in [0.29, 0.717) is 6.61 Å². The van der Waals surface area contributed by atoms with Crippen LogP contribution in [-0.4, -0.2) is 28.5 Å². The third-order valence-electron chi connectivity index (χ3n) is 0.457. The number of hydrogen-bond donors (Lipinski definition) is 1. The Balaban J connectivity index is 2.45. The SMILES string of the molecule is OCCSCCBr. The van der Waals surface area contributed by atoms with Crippen LogP contribution in [0.5, 0.6) is 0 Å². The smallest absolute Gasteiger partial charge is 0.0521 e. The monoisotopic (exact) mass is 184 g/mol. The number of aliphatic hydroxyl groups is 1. The standard InChI is InChI=1S/C4H9BrOS/c5-1-3-7-4-2-6/h6H,1-4H2. The molecule has 0 amide bonds. The lowest BCUT2D eigenvalue weighted by molar-refractivity contribution is 0.322. The van der Waals surface area contributed by atoms with E-state index in [1.54, 1.807) is 11.8 Å². The lowest BCUT2D eigenvalue weighted by Crippen LogP contribution is -1.87. The lowest BCUT2D eigenvalue weighted by Gasteiger charge is -1.90. The molecule has 0 aliphatic carbocycles. The number of aliphatic hydroxyl groups excluding tert-OH is 1. The molecule has 7 heavy (non-hydrogen) atoms. The maximum Gasteiger partial charge on any atom is 0.0521 e. The largest absolute Gasteiger partial charge is 0.396 e. The minimum Gasteiger partial charge on any atom is -0.396 e. The van der Waals surface area contributed by atoms with E-state index in [1.165, 1.54) is 0 Å². The summed E-state index contributed by atoms with van der Waals surface area (Å²) >= 11 is 5.03. The minimum absolute atomic E-state index is 0.303. The summed E-state index contributed by atoms with van der Waals surface area (Å²) in [6.07, 6.45) is 0. The number of alkyl halides is 1. The molecule has 0 aromatic rings. The fraction of sp³-hybridized carbons (Fsp3) is 1.00. The van der Waals surface area contributed by atoms with Crippen molar-refractivity contribution in [1.29, 1.82) is 0 Å². The van der Waals surface area contributed by atoms with Gasteiger partial charge >= 0.3 is 0 Å². The highest BCUT2D eigenvalue weighted by atomic mass is 79.9. The third kappa shape index (κ3) is 6.79. The van der Waals surface area contributed by atoms with Crippen molar-refractivity contribution < 1.29 is 5.11 Å². The molecular formula is C4H9BrOS. The maximum absolute atomic E-state index is 8.26. The molecule has 0 saturated heterocycles. The van der Waals surface area contributed by atoms with Gasteiger partial charge in [-0.05, 0) is 0 Å². The van der Waals surface area contributed by atoms with Crippen LogP contribution in [-0.2, 0) is 0 Å². The van der Waals surface area contributed by atoms with Crippen molar-refractivity contribution in [3.63, 3.8) is 0 Å². The average Bonchev–Trinajstić information content (AvgIpc) is 1.69. The first-order valence-electron chi connectivity index (χ1n) is 2.16. The first-order valence-corrected chi connectivity index (χ1v) is 4.44. The van der Waals surface area contributed by atoms with Crippen LogP contribution in [0.4, 0.5) is 0 Å². The molecule has 0 aromatic carbocycles. The Hall–Kier alpha value is 0.790. The van der Waals surface area contributed by atoms with Crippen LogP contribution in [0.25, 0.3) is 0 Å². The summed E-state index contributed by atoms with van der Waals surface area (Å²) in [7, 11) is 0. The topological polar surface area (TPSA) is 20.2 Å². The summed E-state index contributed by atoms with van der Waals surface area (Å²) in [6, 6.07) is 0. The van der Waals surface area contributed by atoms with Crippen molar-refractivity contribution in [2.45, 2.75) is 0 Å². The molecule has 0 aliphatic heterocycles. The number of hydrogen-bond acceptors (Lipinski definition) is 2. The molecule has 0 radical (unpaired) electrons. The van der Waals surface area contributed by atoms with Crippen LogP contribution in [0.3, 0.4) is 0 Å². The van der Waals surface area contributed by atoms with E-state index in [4.69, 9.17) is 5.11 Å². The van der Waals surface area contributed by atoms with Gasteiger partial charge in [0, 0.05) is 16.8 Å². The Labute approximate surface area is 56.6 Å². The van der Waals surface area contributed by atoms with E-state index >= 15 is 0 Å². The van der Waals surface area contributed by atoms with Crippen molar-refractivity contribution in [1.82, 2.24) is 0 Å². The second-order valence-electron chi connectivity index (χ2n) is 1.02. The van der Waals surface area contributed by atoms with Gasteiger partial charge in [-0.2, -0.15) is 11.8 Å². The Bertz CT molecular complexity index is 30.9. The third-order valence-corrected chi connectivity index (χ3v) is 2.34. The Morgan fingerprint density at radius 1 is 1.43 bits per heavy atom. The summed E-state index contributed by atoms with van der Waals surface area (Å²) in [5, 5.41) is 9.28. The second-order valence-corrected chi connectivity index (χ2v) is 3.04. The Morgan fingerprint density at radius 2 is 2.14 bits per heavy atom. The normalized spacial score (nSPS) is 9.43. The maximum atomic E-state index is 8.26. The van der Waals surface area contributed by atoms with Crippen LogP contribution in [0.15, 0.2) is 0 Å². The van der Waals surface area contributed by atoms with Crippen molar-refractivity contribution in [2.24, 2.45) is 0 Å². The summed E-state index contributed by atoms with van der Waals surface area (Å²) in [5.41, 5.74) is 0. The Morgan fingerprint density at radius 3 is 2.57 bits per heavy atom. The van der Waals surface area contributed by atoms with Crippen molar-refractivity contribution in [3.8, 4) is 0 Å². The average molecular weight is 185 g/mol. The lowest BCUT2D eigenvalue weighted by atomic mass is 10.9. The van der Waals surface area contributed by atoms with Crippen LogP contribution in [0.2, 0.25) is 0 Å². The van der Waals surface area contributed by atoms with Gasteiger partial charge in [-0.25, -0.2) is 0 Å². The predicted octanol–water partition coefficient (Wildman–Crippen LogP) is 1.11. The zero-order chi connectivity index (χ0) is 5.54. The van der Waals surface area contributed by atoms with E-state index in [-0.39, 0.29) is 0 Å².